The minimum absolute atomic E-state index is 0.0110. The summed E-state index contributed by atoms with van der Waals surface area (Å²) in [6, 6.07) is 0. The Morgan fingerprint density at radius 1 is 2.00 bits per heavy atom. The average Bonchev–Trinajstić information content (AvgIpc) is 2.14. The lowest BCUT2D eigenvalue weighted by atomic mass is 10.7. The highest BCUT2D eigenvalue weighted by Crippen LogP contribution is 2.12. The number of carbonyl (C=O) groups is 1. The van der Waals surface area contributed by atoms with Gasteiger partial charge in [0.2, 0.25) is 0 Å². The standard InChI is InChI=1S/C4H7NO2S/c1-7-3-2-8-4(6)5-3/h3H,2H2,1H3,(H,5,6). The Morgan fingerprint density at radius 2 is 2.75 bits per heavy atom. The van der Waals surface area contributed by atoms with E-state index < -0.39 is 0 Å². The van der Waals surface area contributed by atoms with Crippen LogP contribution in [-0.2, 0) is 4.74 Å². The molecule has 4 heteroatoms. The summed E-state index contributed by atoms with van der Waals surface area (Å²) < 4.78 is 4.83. The fraction of sp³-hybridized carbons (Fsp3) is 0.750. The van der Waals surface area contributed by atoms with Gasteiger partial charge < -0.3 is 10.1 Å². The maximum absolute atomic E-state index is 10.4. The van der Waals surface area contributed by atoms with E-state index in [0.29, 0.717) is 0 Å². The summed E-state index contributed by atoms with van der Waals surface area (Å²) in [5.41, 5.74) is 0. The van der Waals surface area contributed by atoms with Gasteiger partial charge in [0.1, 0.15) is 6.23 Å². The van der Waals surface area contributed by atoms with Gasteiger partial charge in [-0.05, 0) is 0 Å². The quantitative estimate of drug-likeness (QED) is 0.563. The first kappa shape index (κ1) is 5.91. The number of thioether (sulfide) groups is 1. The number of hydrogen-bond acceptors (Lipinski definition) is 3. The van der Waals surface area contributed by atoms with Gasteiger partial charge in [-0.15, -0.1) is 0 Å². The van der Waals surface area contributed by atoms with E-state index in [1.165, 1.54) is 11.8 Å². The predicted molar refractivity (Wildman–Crippen MR) is 31.8 cm³/mol. The summed E-state index contributed by atoms with van der Waals surface area (Å²) in [5.74, 6) is 0.731. The number of ether oxygens (including phenoxy) is 1. The van der Waals surface area contributed by atoms with Crippen LogP contribution in [0.4, 0.5) is 4.79 Å². The van der Waals surface area contributed by atoms with Crippen LogP contribution in [0.3, 0.4) is 0 Å². The molecule has 0 aromatic carbocycles. The maximum Gasteiger partial charge on any atom is 0.281 e. The number of rotatable bonds is 1. The Morgan fingerprint density at radius 3 is 3.00 bits per heavy atom. The maximum atomic E-state index is 10.4. The van der Waals surface area contributed by atoms with Crippen molar-refractivity contribution >= 4 is 17.0 Å². The molecule has 8 heavy (non-hydrogen) atoms. The first-order valence-electron chi connectivity index (χ1n) is 2.29. The van der Waals surface area contributed by atoms with Gasteiger partial charge >= 0.3 is 0 Å². The molecule has 1 saturated heterocycles. The van der Waals surface area contributed by atoms with Crippen LogP contribution in [0.15, 0.2) is 0 Å². The number of hydrogen-bond donors (Lipinski definition) is 1. The molecule has 1 unspecified atom stereocenters. The highest BCUT2D eigenvalue weighted by molar-refractivity contribution is 8.13. The zero-order chi connectivity index (χ0) is 5.98. The van der Waals surface area contributed by atoms with Crippen LogP contribution in [0.5, 0.6) is 0 Å². The Labute approximate surface area is 51.8 Å². The van der Waals surface area contributed by atoms with Gasteiger partial charge in [-0.1, -0.05) is 11.8 Å². The molecule has 0 spiro atoms. The largest absolute Gasteiger partial charge is 0.361 e. The molecule has 1 aliphatic heterocycles. The van der Waals surface area contributed by atoms with Crippen molar-refractivity contribution in [1.29, 1.82) is 0 Å². The third-order valence-corrected chi connectivity index (χ3v) is 1.78. The Bertz CT molecular complexity index is 106. The molecule has 1 aliphatic rings. The van der Waals surface area contributed by atoms with Crippen LogP contribution in [0, 0.1) is 0 Å². The summed E-state index contributed by atoms with van der Waals surface area (Å²) >= 11 is 1.25. The van der Waals surface area contributed by atoms with Crippen LogP contribution < -0.4 is 5.32 Å². The molecule has 0 saturated carbocycles. The van der Waals surface area contributed by atoms with Crippen molar-refractivity contribution in [3.05, 3.63) is 0 Å². The summed E-state index contributed by atoms with van der Waals surface area (Å²) in [5, 5.41) is 2.62. The molecule has 1 atom stereocenters. The van der Waals surface area contributed by atoms with Crippen molar-refractivity contribution in [2.75, 3.05) is 12.9 Å². The molecule has 1 rings (SSSR count). The highest BCUT2D eigenvalue weighted by Gasteiger charge is 2.19. The molecule has 46 valence electrons. The van der Waals surface area contributed by atoms with Crippen LogP contribution in [0.1, 0.15) is 0 Å². The van der Waals surface area contributed by atoms with E-state index in [1.807, 2.05) is 0 Å². The van der Waals surface area contributed by atoms with Crippen molar-refractivity contribution in [3.8, 4) is 0 Å². The molecule has 0 aromatic heterocycles. The van der Waals surface area contributed by atoms with E-state index in [-0.39, 0.29) is 11.5 Å². The van der Waals surface area contributed by atoms with Crippen molar-refractivity contribution in [1.82, 2.24) is 5.32 Å². The lowest BCUT2D eigenvalue weighted by Crippen LogP contribution is -2.27. The zero-order valence-corrected chi connectivity index (χ0v) is 5.33. The normalized spacial score (nSPS) is 28.1. The number of amides is 1. The van der Waals surface area contributed by atoms with Crippen LogP contribution in [-0.4, -0.2) is 24.3 Å². The summed E-state index contributed by atoms with van der Waals surface area (Å²) in [6.45, 7) is 0. The highest BCUT2D eigenvalue weighted by atomic mass is 32.2. The monoisotopic (exact) mass is 133 g/mol. The molecule has 0 aliphatic carbocycles. The van der Waals surface area contributed by atoms with Gasteiger partial charge in [0.15, 0.2) is 0 Å². The molecular formula is C4H7NO2S. The fourth-order valence-electron chi connectivity index (χ4n) is 0.493. The van der Waals surface area contributed by atoms with Gasteiger partial charge in [-0.25, -0.2) is 0 Å². The van der Waals surface area contributed by atoms with Gasteiger partial charge in [0.05, 0.1) is 0 Å². The lowest BCUT2D eigenvalue weighted by molar-refractivity contribution is 0.108. The molecule has 0 aromatic rings. The first-order chi connectivity index (χ1) is 3.83. The summed E-state index contributed by atoms with van der Waals surface area (Å²) in [7, 11) is 1.58. The third-order valence-electron chi connectivity index (χ3n) is 0.929. The fourth-order valence-corrected chi connectivity index (χ4v) is 1.23. The van der Waals surface area contributed by atoms with E-state index in [9.17, 15) is 4.79 Å². The van der Waals surface area contributed by atoms with Gasteiger partial charge in [0, 0.05) is 12.9 Å². The number of nitrogens with one attached hydrogen (secondary N) is 1. The van der Waals surface area contributed by atoms with E-state index in [4.69, 9.17) is 4.74 Å². The van der Waals surface area contributed by atoms with Gasteiger partial charge in [0.25, 0.3) is 5.24 Å². The molecule has 1 amide bonds. The van der Waals surface area contributed by atoms with Crippen molar-refractivity contribution in [3.63, 3.8) is 0 Å². The topological polar surface area (TPSA) is 38.3 Å². The predicted octanol–water partition coefficient (Wildman–Crippen LogP) is 0.415. The Hall–Kier alpha value is -0.220. The molecule has 3 nitrogen and oxygen atoms in total. The molecule has 1 fully saturated rings. The molecule has 0 bridgehead atoms. The molecule has 0 radical (unpaired) electrons. The molecule has 1 N–H and O–H groups in total. The second kappa shape index (κ2) is 2.37. The second-order valence-corrected chi connectivity index (χ2v) is 2.46. The lowest BCUT2D eigenvalue weighted by Gasteiger charge is -2.02. The minimum Gasteiger partial charge on any atom is -0.361 e. The smallest absolute Gasteiger partial charge is 0.281 e. The summed E-state index contributed by atoms with van der Waals surface area (Å²) in [4.78, 5) is 10.4. The Kier molecular flexibility index (Phi) is 1.75. The first-order valence-corrected chi connectivity index (χ1v) is 3.27. The second-order valence-electron chi connectivity index (χ2n) is 1.47. The van der Waals surface area contributed by atoms with Gasteiger partial charge in [-0.3, -0.25) is 4.79 Å². The zero-order valence-electron chi connectivity index (χ0n) is 4.51. The molecule has 1 heterocycles. The van der Waals surface area contributed by atoms with Crippen molar-refractivity contribution in [2.24, 2.45) is 0 Å². The molecular weight excluding hydrogens is 126 g/mol. The van der Waals surface area contributed by atoms with E-state index in [1.54, 1.807) is 7.11 Å². The van der Waals surface area contributed by atoms with E-state index in [2.05, 4.69) is 5.32 Å². The third kappa shape index (κ3) is 1.14. The van der Waals surface area contributed by atoms with Crippen molar-refractivity contribution < 1.29 is 9.53 Å². The minimum atomic E-state index is -0.0625. The Balaban J connectivity index is 2.32. The van der Waals surface area contributed by atoms with Crippen LogP contribution in [0.25, 0.3) is 0 Å². The number of methoxy groups -OCH3 is 1. The SMILES string of the molecule is COC1CSC(=O)N1. The van der Waals surface area contributed by atoms with Crippen LogP contribution >= 0.6 is 11.8 Å². The van der Waals surface area contributed by atoms with E-state index >= 15 is 0 Å². The van der Waals surface area contributed by atoms with Crippen molar-refractivity contribution in [2.45, 2.75) is 6.23 Å². The van der Waals surface area contributed by atoms with E-state index in [0.717, 1.165) is 5.75 Å². The summed E-state index contributed by atoms with van der Waals surface area (Å²) in [6.07, 6.45) is -0.0625. The average molecular weight is 133 g/mol. The van der Waals surface area contributed by atoms with Crippen LogP contribution in [0.2, 0.25) is 0 Å². The van der Waals surface area contributed by atoms with Gasteiger partial charge in [-0.2, -0.15) is 0 Å². The number of carbonyl (C=O) groups excluding carboxylic acids is 1.